The molecule has 8 heteroatoms. The van der Waals surface area contributed by atoms with Gasteiger partial charge in [-0.15, -0.1) is 0 Å². The highest BCUT2D eigenvalue weighted by Crippen LogP contribution is 2.23. The van der Waals surface area contributed by atoms with Gasteiger partial charge in [0.1, 0.15) is 17.6 Å². The van der Waals surface area contributed by atoms with Crippen molar-refractivity contribution in [3.05, 3.63) is 54.4 Å². The van der Waals surface area contributed by atoms with Crippen LogP contribution in [0, 0.1) is 0 Å². The molecule has 2 aliphatic rings. The van der Waals surface area contributed by atoms with Crippen molar-refractivity contribution in [1.29, 1.82) is 0 Å². The van der Waals surface area contributed by atoms with Gasteiger partial charge in [-0.2, -0.15) is 0 Å². The van der Waals surface area contributed by atoms with Gasteiger partial charge in [0.2, 0.25) is 5.91 Å². The molecule has 3 heterocycles. The zero-order chi connectivity index (χ0) is 23.0. The molecule has 33 heavy (non-hydrogen) atoms. The minimum atomic E-state index is -0.269. The van der Waals surface area contributed by atoms with E-state index in [0.29, 0.717) is 17.4 Å². The molecular formula is C25H32N4O4. The van der Waals surface area contributed by atoms with Crippen LogP contribution in [0.25, 0.3) is 0 Å². The fourth-order valence-electron chi connectivity index (χ4n) is 4.58. The van der Waals surface area contributed by atoms with Crippen LogP contribution in [0.3, 0.4) is 0 Å². The number of nitrogens with zero attached hydrogens (tertiary/aromatic N) is 3. The maximum absolute atomic E-state index is 12.6. The summed E-state index contributed by atoms with van der Waals surface area (Å²) in [6.07, 6.45) is 7.71. The highest BCUT2D eigenvalue weighted by molar-refractivity contribution is 5.96. The van der Waals surface area contributed by atoms with E-state index in [9.17, 15) is 9.59 Å². The number of piperidine rings is 2. The summed E-state index contributed by atoms with van der Waals surface area (Å²) >= 11 is 0. The van der Waals surface area contributed by atoms with Crippen LogP contribution in [0.15, 0.2) is 48.8 Å². The normalized spacial score (nSPS) is 18.0. The monoisotopic (exact) mass is 452 g/mol. The molecule has 0 saturated carbocycles. The van der Waals surface area contributed by atoms with Gasteiger partial charge in [-0.3, -0.25) is 19.5 Å². The first-order valence-corrected chi connectivity index (χ1v) is 11.6. The van der Waals surface area contributed by atoms with Crippen LogP contribution < -0.4 is 14.8 Å². The van der Waals surface area contributed by atoms with Crippen LogP contribution in [0.5, 0.6) is 11.5 Å². The molecule has 2 aliphatic heterocycles. The summed E-state index contributed by atoms with van der Waals surface area (Å²) in [4.78, 5) is 33.4. The van der Waals surface area contributed by atoms with E-state index >= 15 is 0 Å². The number of methoxy groups -OCH3 is 1. The van der Waals surface area contributed by atoms with E-state index in [2.05, 4.69) is 15.2 Å². The van der Waals surface area contributed by atoms with Crippen molar-refractivity contribution >= 4 is 11.8 Å². The van der Waals surface area contributed by atoms with Gasteiger partial charge in [0.15, 0.2) is 0 Å². The van der Waals surface area contributed by atoms with Gasteiger partial charge < -0.3 is 19.7 Å². The fourth-order valence-corrected chi connectivity index (χ4v) is 4.58. The van der Waals surface area contributed by atoms with Crippen LogP contribution >= 0.6 is 0 Å². The Morgan fingerprint density at radius 3 is 2.42 bits per heavy atom. The smallest absolute Gasteiger partial charge is 0.251 e. The Kier molecular flexibility index (Phi) is 7.78. The molecule has 4 rings (SSSR count). The molecule has 0 aliphatic carbocycles. The van der Waals surface area contributed by atoms with Gasteiger partial charge in [0.25, 0.3) is 5.91 Å². The van der Waals surface area contributed by atoms with E-state index in [1.165, 1.54) is 0 Å². The molecule has 0 unspecified atom stereocenters. The summed E-state index contributed by atoms with van der Waals surface area (Å²) in [7, 11) is 1.56. The molecule has 2 fully saturated rings. The average Bonchev–Trinajstić information content (AvgIpc) is 2.88. The first-order valence-electron chi connectivity index (χ1n) is 11.6. The molecule has 0 radical (unpaired) electrons. The third kappa shape index (κ3) is 6.22. The van der Waals surface area contributed by atoms with Crippen molar-refractivity contribution in [2.75, 3.05) is 39.8 Å². The van der Waals surface area contributed by atoms with Crippen molar-refractivity contribution < 1.29 is 19.1 Å². The molecule has 2 saturated heterocycles. The molecule has 0 spiro atoms. The molecule has 2 amide bonds. The Bertz CT molecular complexity index is 923. The maximum atomic E-state index is 12.6. The Balaban J connectivity index is 1.17. The molecule has 2 aromatic rings. The lowest BCUT2D eigenvalue weighted by atomic mass is 9.98. The molecule has 1 aromatic heterocycles. The molecule has 1 N–H and O–H groups in total. The second-order valence-corrected chi connectivity index (χ2v) is 8.56. The predicted molar refractivity (Wildman–Crippen MR) is 124 cm³/mol. The lowest BCUT2D eigenvalue weighted by molar-refractivity contribution is -0.131. The summed E-state index contributed by atoms with van der Waals surface area (Å²) < 4.78 is 11.2. The third-order valence-corrected chi connectivity index (χ3v) is 6.49. The Morgan fingerprint density at radius 2 is 1.73 bits per heavy atom. The average molecular weight is 453 g/mol. The van der Waals surface area contributed by atoms with Crippen LogP contribution in [-0.2, 0) is 4.79 Å². The topological polar surface area (TPSA) is 84.0 Å². The number of hydrogen-bond acceptors (Lipinski definition) is 6. The van der Waals surface area contributed by atoms with E-state index in [1.807, 2.05) is 17.0 Å². The van der Waals surface area contributed by atoms with Crippen LogP contribution in [0.1, 0.15) is 36.0 Å². The first kappa shape index (κ1) is 23.0. The lowest BCUT2D eigenvalue weighted by Gasteiger charge is -2.41. The summed E-state index contributed by atoms with van der Waals surface area (Å²) in [6, 6.07) is 11.2. The van der Waals surface area contributed by atoms with Crippen LogP contribution in [0.4, 0.5) is 0 Å². The Hall–Kier alpha value is -3.13. The molecule has 8 nitrogen and oxygen atoms in total. The summed E-state index contributed by atoms with van der Waals surface area (Å²) in [5, 5.41) is 2.73. The van der Waals surface area contributed by atoms with Crippen molar-refractivity contribution in [3.8, 4) is 11.5 Å². The van der Waals surface area contributed by atoms with E-state index < -0.39 is 0 Å². The van der Waals surface area contributed by atoms with E-state index in [-0.39, 0.29) is 24.5 Å². The van der Waals surface area contributed by atoms with Gasteiger partial charge in [-0.25, -0.2) is 0 Å². The summed E-state index contributed by atoms with van der Waals surface area (Å²) in [5.74, 6) is 1.20. The van der Waals surface area contributed by atoms with Crippen molar-refractivity contribution in [2.45, 2.75) is 37.8 Å². The molecule has 176 valence electrons. The zero-order valence-corrected chi connectivity index (χ0v) is 19.1. The number of nitrogens with one attached hydrogen (secondary N) is 1. The number of pyridine rings is 1. The highest BCUT2D eigenvalue weighted by Gasteiger charge is 2.30. The number of hydrogen-bond donors (Lipinski definition) is 1. The minimum absolute atomic E-state index is 0.0124. The number of carbonyl (C=O) groups is 2. The SMILES string of the molecule is COc1cccc(C(=O)NCC(=O)N2CCC(N3CCC(Oc4ccncc4)CC3)CC2)c1. The Labute approximate surface area is 194 Å². The van der Waals surface area contributed by atoms with Gasteiger partial charge in [0.05, 0.1) is 13.7 Å². The van der Waals surface area contributed by atoms with E-state index in [4.69, 9.17) is 9.47 Å². The van der Waals surface area contributed by atoms with Gasteiger partial charge in [-0.05, 0) is 56.0 Å². The van der Waals surface area contributed by atoms with Crippen molar-refractivity contribution in [3.63, 3.8) is 0 Å². The van der Waals surface area contributed by atoms with Crippen LogP contribution in [0.2, 0.25) is 0 Å². The van der Waals surface area contributed by atoms with Gasteiger partial charge in [-0.1, -0.05) is 6.07 Å². The van der Waals surface area contributed by atoms with E-state index in [0.717, 1.165) is 57.6 Å². The zero-order valence-electron chi connectivity index (χ0n) is 19.1. The second-order valence-electron chi connectivity index (χ2n) is 8.56. The number of rotatable bonds is 7. The van der Waals surface area contributed by atoms with E-state index in [1.54, 1.807) is 43.8 Å². The number of amides is 2. The van der Waals surface area contributed by atoms with Crippen LogP contribution in [-0.4, -0.2) is 78.6 Å². The summed E-state index contributed by atoms with van der Waals surface area (Å²) in [5.41, 5.74) is 0.483. The largest absolute Gasteiger partial charge is 0.497 e. The predicted octanol–water partition coefficient (Wildman–Crippen LogP) is 2.35. The highest BCUT2D eigenvalue weighted by atomic mass is 16.5. The lowest BCUT2D eigenvalue weighted by Crippen LogP contribution is -2.51. The molecule has 1 aromatic carbocycles. The quantitative estimate of drug-likeness (QED) is 0.694. The fraction of sp³-hybridized carbons (Fsp3) is 0.480. The van der Waals surface area contributed by atoms with Crippen molar-refractivity contribution in [1.82, 2.24) is 20.1 Å². The molecular weight excluding hydrogens is 420 g/mol. The standard InChI is InChI=1S/C25H32N4O4/c1-32-23-4-2-3-19(17-23)25(31)27-18-24(30)29-13-7-20(8-14-29)28-15-9-22(10-16-28)33-21-5-11-26-12-6-21/h2-6,11-12,17,20,22H,7-10,13-16,18H2,1H3,(H,27,31). The number of ether oxygens (including phenoxy) is 2. The summed E-state index contributed by atoms with van der Waals surface area (Å²) in [6.45, 7) is 3.51. The number of benzene rings is 1. The number of likely N-dealkylation sites (tertiary alicyclic amines) is 2. The number of aromatic nitrogens is 1. The van der Waals surface area contributed by atoms with Gasteiger partial charge >= 0.3 is 0 Å². The third-order valence-electron chi connectivity index (χ3n) is 6.49. The van der Waals surface area contributed by atoms with Crippen molar-refractivity contribution in [2.24, 2.45) is 0 Å². The maximum Gasteiger partial charge on any atom is 0.251 e. The first-order chi connectivity index (χ1) is 16.1. The molecule has 0 atom stereocenters. The number of carbonyl (C=O) groups excluding carboxylic acids is 2. The minimum Gasteiger partial charge on any atom is -0.497 e. The Morgan fingerprint density at radius 1 is 1.00 bits per heavy atom. The van der Waals surface area contributed by atoms with Gasteiger partial charge in [0, 0.05) is 50.2 Å². The second kappa shape index (κ2) is 11.1. The molecule has 0 bridgehead atoms.